The summed E-state index contributed by atoms with van der Waals surface area (Å²) in [6.07, 6.45) is 1.51. The van der Waals surface area contributed by atoms with Crippen LogP contribution in [-0.4, -0.2) is 38.4 Å². The van der Waals surface area contributed by atoms with Crippen LogP contribution in [0.25, 0.3) is 0 Å². The summed E-state index contributed by atoms with van der Waals surface area (Å²) < 4.78 is 11.5. The van der Waals surface area contributed by atoms with Gasteiger partial charge in [-0.1, -0.05) is 12.1 Å². The van der Waals surface area contributed by atoms with Crippen LogP contribution >= 0.6 is 0 Å². The van der Waals surface area contributed by atoms with Crippen LogP contribution in [0.1, 0.15) is 20.3 Å². The third-order valence-corrected chi connectivity index (χ3v) is 3.04. The topological polar surface area (TPSA) is 42.5 Å². The molecule has 1 unspecified atom stereocenters. The highest BCUT2D eigenvalue weighted by molar-refractivity contribution is 5.56. The van der Waals surface area contributed by atoms with Gasteiger partial charge in [0.25, 0.3) is 0 Å². The second-order valence-corrected chi connectivity index (χ2v) is 5.08. The molecule has 0 radical (unpaired) electrons. The Balaban J connectivity index is 1.81. The van der Waals surface area contributed by atoms with Crippen LogP contribution in [-0.2, 0) is 4.74 Å². The molecule has 1 aromatic rings. The number of para-hydroxylation sites is 2. The fraction of sp³-hybridized carbons (Fsp3) is 0.600. The summed E-state index contributed by atoms with van der Waals surface area (Å²) in [5.74, 6) is 0.917. The third-order valence-electron chi connectivity index (χ3n) is 3.04. The maximum absolute atomic E-state index is 5.78. The van der Waals surface area contributed by atoms with Crippen LogP contribution in [0, 0.1) is 0 Å². The first-order chi connectivity index (χ1) is 9.25. The van der Waals surface area contributed by atoms with Crippen molar-refractivity contribution in [3.05, 3.63) is 24.3 Å². The molecule has 1 aliphatic rings. The zero-order chi connectivity index (χ0) is 13.5. The van der Waals surface area contributed by atoms with Gasteiger partial charge in [-0.25, -0.2) is 0 Å². The predicted octanol–water partition coefficient (Wildman–Crippen LogP) is 2.26. The lowest BCUT2D eigenvalue weighted by molar-refractivity contribution is 0.0258. The molecule has 1 aliphatic heterocycles. The van der Waals surface area contributed by atoms with Crippen molar-refractivity contribution in [2.75, 3.05) is 31.6 Å². The van der Waals surface area contributed by atoms with Crippen molar-refractivity contribution in [1.82, 2.24) is 5.32 Å². The number of hydrogen-bond donors (Lipinski definition) is 2. The van der Waals surface area contributed by atoms with E-state index in [9.17, 15) is 0 Å². The van der Waals surface area contributed by atoms with Gasteiger partial charge in [0.05, 0.1) is 24.5 Å². The Hall–Kier alpha value is -1.26. The molecule has 1 aromatic carbocycles. The van der Waals surface area contributed by atoms with Gasteiger partial charge in [-0.15, -0.1) is 0 Å². The minimum absolute atomic E-state index is 0.189. The molecule has 0 aromatic heterocycles. The number of benzene rings is 1. The maximum Gasteiger partial charge on any atom is 0.142 e. The van der Waals surface area contributed by atoms with Crippen molar-refractivity contribution in [3.8, 4) is 5.75 Å². The molecule has 0 amide bonds. The van der Waals surface area contributed by atoms with Crippen molar-refractivity contribution in [2.24, 2.45) is 0 Å². The molecule has 1 saturated heterocycles. The van der Waals surface area contributed by atoms with E-state index in [2.05, 4.69) is 16.7 Å². The van der Waals surface area contributed by atoms with E-state index in [0.717, 1.165) is 44.1 Å². The normalized spacial score (nSPS) is 19.4. The molecule has 1 fully saturated rings. The second-order valence-electron chi connectivity index (χ2n) is 5.08. The molecule has 1 atom stereocenters. The Morgan fingerprint density at radius 1 is 1.42 bits per heavy atom. The van der Waals surface area contributed by atoms with Crippen molar-refractivity contribution in [2.45, 2.75) is 32.5 Å². The highest BCUT2D eigenvalue weighted by atomic mass is 16.5. The van der Waals surface area contributed by atoms with Gasteiger partial charge in [-0.05, 0) is 32.4 Å². The average Bonchev–Trinajstić information content (AvgIpc) is 2.41. The zero-order valence-electron chi connectivity index (χ0n) is 11.8. The first-order valence-corrected chi connectivity index (χ1v) is 7.07. The summed E-state index contributed by atoms with van der Waals surface area (Å²) in [5.41, 5.74) is 1.06. The van der Waals surface area contributed by atoms with Gasteiger partial charge in [0, 0.05) is 19.6 Å². The Morgan fingerprint density at radius 2 is 2.26 bits per heavy atom. The summed E-state index contributed by atoms with van der Waals surface area (Å²) in [5, 5.41) is 6.78. The molecule has 0 saturated carbocycles. The fourth-order valence-electron chi connectivity index (χ4n) is 2.14. The summed E-state index contributed by atoms with van der Waals surface area (Å²) in [6, 6.07) is 8.07. The van der Waals surface area contributed by atoms with Gasteiger partial charge in [0.2, 0.25) is 0 Å². The molecular formula is C15H24N2O2. The van der Waals surface area contributed by atoms with Crippen molar-refractivity contribution < 1.29 is 9.47 Å². The van der Waals surface area contributed by atoms with E-state index in [0.29, 0.717) is 6.10 Å². The quantitative estimate of drug-likeness (QED) is 0.827. The standard InChI is InChI=1S/C15H24N2O2/c1-12(2)19-15-6-4-3-5-14(15)17-8-7-13-11-16-9-10-18-13/h3-6,12-13,16-17H,7-11H2,1-2H3. The van der Waals surface area contributed by atoms with Gasteiger partial charge in [-0.3, -0.25) is 0 Å². The highest BCUT2D eigenvalue weighted by Gasteiger charge is 2.13. The summed E-state index contributed by atoms with van der Waals surface area (Å²) >= 11 is 0. The number of nitrogens with one attached hydrogen (secondary N) is 2. The monoisotopic (exact) mass is 264 g/mol. The highest BCUT2D eigenvalue weighted by Crippen LogP contribution is 2.24. The molecule has 0 bridgehead atoms. The SMILES string of the molecule is CC(C)Oc1ccccc1NCCC1CNCCO1. The fourth-order valence-corrected chi connectivity index (χ4v) is 2.14. The van der Waals surface area contributed by atoms with Crippen LogP contribution in [0.3, 0.4) is 0 Å². The largest absolute Gasteiger partial charge is 0.489 e. The van der Waals surface area contributed by atoms with Gasteiger partial charge in [-0.2, -0.15) is 0 Å². The lowest BCUT2D eigenvalue weighted by atomic mass is 10.2. The van der Waals surface area contributed by atoms with E-state index >= 15 is 0 Å². The molecular weight excluding hydrogens is 240 g/mol. The van der Waals surface area contributed by atoms with E-state index < -0.39 is 0 Å². The van der Waals surface area contributed by atoms with Crippen LogP contribution in [0.4, 0.5) is 5.69 Å². The van der Waals surface area contributed by atoms with Crippen LogP contribution < -0.4 is 15.4 Å². The van der Waals surface area contributed by atoms with Crippen LogP contribution in [0.15, 0.2) is 24.3 Å². The molecule has 0 spiro atoms. The van der Waals surface area contributed by atoms with Crippen LogP contribution in [0.2, 0.25) is 0 Å². The van der Waals surface area contributed by atoms with Crippen molar-refractivity contribution in [1.29, 1.82) is 0 Å². The average molecular weight is 264 g/mol. The summed E-state index contributed by atoms with van der Waals surface area (Å²) in [4.78, 5) is 0. The third kappa shape index (κ3) is 4.73. The lowest BCUT2D eigenvalue weighted by Gasteiger charge is -2.24. The summed E-state index contributed by atoms with van der Waals surface area (Å²) in [7, 11) is 0. The number of ether oxygens (including phenoxy) is 2. The van der Waals surface area contributed by atoms with E-state index in [-0.39, 0.29) is 6.10 Å². The Bertz CT molecular complexity index is 376. The van der Waals surface area contributed by atoms with E-state index in [1.165, 1.54) is 0 Å². The second kappa shape index (κ2) is 7.36. The van der Waals surface area contributed by atoms with Crippen molar-refractivity contribution in [3.63, 3.8) is 0 Å². The smallest absolute Gasteiger partial charge is 0.142 e. The molecule has 4 nitrogen and oxygen atoms in total. The van der Waals surface area contributed by atoms with Gasteiger partial charge in [0.1, 0.15) is 5.75 Å². The Labute approximate surface area is 115 Å². The maximum atomic E-state index is 5.78. The molecule has 0 aliphatic carbocycles. The van der Waals surface area contributed by atoms with Crippen LogP contribution in [0.5, 0.6) is 5.75 Å². The molecule has 2 rings (SSSR count). The van der Waals surface area contributed by atoms with Gasteiger partial charge < -0.3 is 20.1 Å². The van der Waals surface area contributed by atoms with Gasteiger partial charge >= 0.3 is 0 Å². The predicted molar refractivity (Wildman–Crippen MR) is 77.9 cm³/mol. The number of morpholine rings is 1. The first-order valence-electron chi connectivity index (χ1n) is 7.07. The summed E-state index contributed by atoms with van der Waals surface area (Å²) in [6.45, 7) is 7.71. The van der Waals surface area contributed by atoms with E-state index in [1.54, 1.807) is 0 Å². The van der Waals surface area contributed by atoms with Crippen molar-refractivity contribution >= 4 is 5.69 Å². The Morgan fingerprint density at radius 3 is 3.00 bits per heavy atom. The lowest BCUT2D eigenvalue weighted by Crippen LogP contribution is -2.39. The first kappa shape index (κ1) is 14.2. The molecule has 2 N–H and O–H groups in total. The number of hydrogen-bond acceptors (Lipinski definition) is 4. The van der Waals surface area contributed by atoms with Gasteiger partial charge in [0.15, 0.2) is 0 Å². The number of rotatable bonds is 6. The molecule has 106 valence electrons. The molecule has 4 heteroatoms. The minimum Gasteiger partial charge on any atom is -0.489 e. The van der Waals surface area contributed by atoms with E-state index in [1.807, 2.05) is 32.0 Å². The Kier molecular flexibility index (Phi) is 5.48. The minimum atomic E-state index is 0.189. The molecule has 19 heavy (non-hydrogen) atoms. The molecule has 1 heterocycles. The number of anilines is 1. The van der Waals surface area contributed by atoms with E-state index in [4.69, 9.17) is 9.47 Å². The zero-order valence-corrected chi connectivity index (χ0v) is 11.8.